The van der Waals surface area contributed by atoms with Gasteiger partial charge in [-0.3, -0.25) is 4.79 Å². The number of aromatic hydroxyl groups is 1. The molecular formula is C14H15NO2S2. The lowest BCUT2D eigenvalue weighted by Crippen LogP contribution is -2.27. The molecule has 0 unspecified atom stereocenters. The van der Waals surface area contributed by atoms with Gasteiger partial charge >= 0.3 is 0 Å². The Bertz CT molecular complexity index is 509. The van der Waals surface area contributed by atoms with E-state index >= 15 is 0 Å². The predicted octanol–water partition coefficient (Wildman–Crippen LogP) is 2.90. The van der Waals surface area contributed by atoms with Crippen LogP contribution in [0.1, 0.15) is 4.88 Å². The Morgan fingerprint density at radius 3 is 2.74 bits per heavy atom. The van der Waals surface area contributed by atoms with Gasteiger partial charge in [0, 0.05) is 16.3 Å². The van der Waals surface area contributed by atoms with Gasteiger partial charge in [0.2, 0.25) is 5.91 Å². The maximum absolute atomic E-state index is 11.6. The number of rotatable bonds is 6. The zero-order valence-electron chi connectivity index (χ0n) is 10.3. The number of carbonyl (C=O) groups excluding carboxylic acids is 1. The molecule has 0 aliphatic rings. The largest absolute Gasteiger partial charge is 0.508 e. The molecule has 2 aromatic rings. The van der Waals surface area contributed by atoms with E-state index in [9.17, 15) is 4.79 Å². The summed E-state index contributed by atoms with van der Waals surface area (Å²) in [5.41, 5.74) is 0. The van der Waals surface area contributed by atoms with Gasteiger partial charge in [-0.15, -0.1) is 23.1 Å². The number of phenols is 1. The van der Waals surface area contributed by atoms with Crippen molar-refractivity contribution in [3.05, 3.63) is 46.7 Å². The van der Waals surface area contributed by atoms with Gasteiger partial charge < -0.3 is 10.4 Å². The van der Waals surface area contributed by atoms with E-state index in [4.69, 9.17) is 5.11 Å². The lowest BCUT2D eigenvalue weighted by atomic mass is 10.3. The normalized spacial score (nSPS) is 10.3. The van der Waals surface area contributed by atoms with Crippen LogP contribution < -0.4 is 5.32 Å². The molecule has 5 heteroatoms. The minimum atomic E-state index is 0.0367. The maximum Gasteiger partial charge on any atom is 0.230 e. The second kappa shape index (κ2) is 7.21. The molecule has 2 rings (SSSR count). The molecule has 19 heavy (non-hydrogen) atoms. The number of phenolic OH excluding ortho intramolecular Hbond substituents is 1. The van der Waals surface area contributed by atoms with E-state index in [-0.39, 0.29) is 11.7 Å². The van der Waals surface area contributed by atoms with Gasteiger partial charge in [0.15, 0.2) is 0 Å². The van der Waals surface area contributed by atoms with E-state index in [2.05, 4.69) is 11.4 Å². The molecule has 1 heterocycles. The molecule has 0 fully saturated rings. The molecule has 0 bridgehead atoms. The Labute approximate surface area is 120 Å². The van der Waals surface area contributed by atoms with E-state index in [1.807, 2.05) is 11.4 Å². The van der Waals surface area contributed by atoms with Crippen molar-refractivity contribution in [2.45, 2.75) is 11.3 Å². The van der Waals surface area contributed by atoms with Crippen LogP contribution in [0.2, 0.25) is 0 Å². The molecule has 0 spiro atoms. The van der Waals surface area contributed by atoms with Crippen LogP contribution in [0.5, 0.6) is 5.75 Å². The van der Waals surface area contributed by atoms with Crippen molar-refractivity contribution in [3.8, 4) is 5.75 Å². The van der Waals surface area contributed by atoms with Gasteiger partial charge in [-0.2, -0.15) is 0 Å². The van der Waals surface area contributed by atoms with Crippen LogP contribution in [0.4, 0.5) is 0 Å². The van der Waals surface area contributed by atoms with E-state index in [0.717, 1.165) is 11.3 Å². The molecule has 100 valence electrons. The number of amides is 1. The summed E-state index contributed by atoms with van der Waals surface area (Å²) in [7, 11) is 0. The first-order valence-corrected chi connectivity index (χ1v) is 7.81. The van der Waals surface area contributed by atoms with Gasteiger partial charge in [0.1, 0.15) is 5.75 Å². The molecule has 1 amide bonds. The quantitative estimate of drug-likeness (QED) is 0.805. The minimum Gasteiger partial charge on any atom is -0.508 e. The third-order valence-corrected chi connectivity index (χ3v) is 4.43. The molecule has 0 aliphatic carbocycles. The Balaban J connectivity index is 1.65. The van der Waals surface area contributed by atoms with Crippen molar-refractivity contribution in [2.75, 3.05) is 12.3 Å². The summed E-state index contributed by atoms with van der Waals surface area (Å²) in [4.78, 5) is 13.9. The fraction of sp³-hybridized carbons (Fsp3) is 0.214. The second-order valence-electron chi connectivity index (χ2n) is 3.96. The van der Waals surface area contributed by atoms with Crippen LogP contribution in [0.3, 0.4) is 0 Å². The topological polar surface area (TPSA) is 49.3 Å². The summed E-state index contributed by atoms with van der Waals surface area (Å²) < 4.78 is 0. The highest BCUT2D eigenvalue weighted by atomic mass is 32.2. The van der Waals surface area contributed by atoms with Gasteiger partial charge in [-0.1, -0.05) is 6.07 Å². The van der Waals surface area contributed by atoms with E-state index < -0.39 is 0 Å². The van der Waals surface area contributed by atoms with Crippen molar-refractivity contribution in [1.82, 2.24) is 5.32 Å². The lowest BCUT2D eigenvalue weighted by Gasteiger charge is -2.04. The van der Waals surface area contributed by atoms with Crippen LogP contribution in [-0.4, -0.2) is 23.3 Å². The first kappa shape index (κ1) is 14.0. The van der Waals surface area contributed by atoms with Gasteiger partial charge in [0.25, 0.3) is 0 Å². The summed E-state index contributed by atoms with van der Waals surface area (Å²) in [5, 5.41) is 14.1. The monoisotopic (exact) mass is 293 g/mol. The number of thioether (sulfide) groups is 1. The van der Waals surface area contributed by atoms with Crippen LogP contribution in [0, 0.1) is 0 Å². The average molecular weight is 293 g/mol. The van der Waals surface area contributed by atoms with Crippen molar-refractivity contribution in [2.24, 2.45) is 0 Å². The summed E-state index contributed by atoms with van der Waals surface area (Å²) >= 11 is 3.17. The van der Waals surface area contributed by atoms with Crippen LogP contribution in [-0.2, 0) is 11.2 Å². The second-order valence-corrected chi connectivity index (χ2v) is 6.04. The third-order valence-electron chi connectivity index (χ3n) is 2.48. The highest BCUT2D eigenvalue weighted by Crippen LogP contribution is 2.20. The molecule has 2 N–H and O–H groups in total. The van der Waals surface area contributed by atoms with Crippen LogP contribution >= 0.6 is 23.1 Å². The lowest BCUT2D eigenvalue weighted by molar-refractivity contribution is -0.118. The number of hydrogen-bond acceptors (Lipinski definition) is 4. The van der Waals surface area contributed by atoms with Crippen molar-refractivity contribution in [3.63, 3.8) is 0 Å². The average Bonchev–Trinajstić information content (AvgIpc) is 2.91. The smallest absolute Gasteiger partial charge is 0.230 e. The number of thiophene rings is 1. The summed E-state index contributed by atoms with van der Waals surface area (Å²) in [6, 6.07) is 10.9. The molecule has 0 radical (unpaired) electrons. The van der Waals surface area contributed by atoms with Crippen molar-refractivity contribution in [1.29, 1.82) is 0 Å². The standard InChI is InChI=1S/C14H15NO2S2/c16-11-3-5-13(6-4-11)19-10-14(17)15-8-7-12-2-1-9-18-12/h1-6,9,16H,7-8,10H2,(H,15,17). The summed E-state index contributed by atoms with van der Waals surface area (Å²) in [5.74, 6) is 0.675. The Hall–Kier alpha value is -1.46. The zero-order chi connectivity index (χ0) is 13.5. The number of benzene rings is 1. The highest BCUT2D eigenvalue weighted by Gasteiger charge is 2.03. The van der Waals surface area contributed by atoms with Crippen LogP contribution in [0.15, 0.2) is 46.7 Å². The van der Waals surface area contributed by atoms with Gasteiger partial charge in [-0.05, 0) is 42.1 Å². The molecule has 1 aromatic heterocycles. The number of nitrogens with one attached hydrogen (secondary N) is 1. The van der Waals surface area contributed by atoms with E-state index in [0.29, 0.717) is 12.3 Å². The van der Waals surface area contributed by atoms with E-state index in [1.54, 1.807) is 35.6 Å². The molecule has 0 saturated heterocycles. The van der Waals surface area contributed by atoms with E-state index in [1.165, 1.54) is 16.6 Å². The summed E-state index contributed by atoms with van der Waals surface area (Å²) in [6.45, 7) is 0.676. The van der Waals surface area contributed by atoms with Crippen molar-refractivity contribution >= 4 is 29.0 Å². The molecule has 0 atom stereocenters. The highest BCUT2D eigenvalue weighted by molar-refractivity contribution is 8.00. The maximum atomic E-state index is 11.6. The van der Waals surface area contributed by atoms with Crippen molar-refractivity contribution < 1.29 is 9.90 Å². The molecule has 3 nitrogen and oxygen atoms in total. The molecule has 0 saturated carbocycles. The zero-order valence-corrected chi connectivity index (χ0v) is 12.0. The number of carbonyl (C=O) groups is 1. The molecule has 0 aliphatic heterocycles. The Kier molecular flexibility index (Phi) is 5.30. The number of hydrogen-bond donors (Lipinski definition) is 2. The fourth-order valence-corrected chi connectivity index (χ4v) is 2.96. The first-order valence-electron chi connectivity index (χ1n) is 5.95. The summed E-state index contributed by atoms with van der Waals surface area (Å²) in [6.07, 6.45) is 0.882. The van der Waals surface area contributed by atoms with Crippen LogP contribution in [0.25, 0.3) is 0 Å². The first-order chi connectivity index (χ1) is 9.24. The SMILES string of the molecule is O=C(CSc1ccc(O)cc1)NCCc1cccs1. The van der Waals surface area contributed by atoms with Gasteiger partial charge in [-0.25, -0.2) is 0 Å². The fourth-order valence-electron chi connectivity index (χ4n) is 1.52. The third kappa shape index (κ3) is 4.96. The molecule has 1 aromatic carbocycles. The predicted molar refractivity (Wildman–Crippen MR) is 79.9 cm³/mol. The molecular weight excluding hydrogens is 278 g/mol. The Morgan fingerprint density at radius 2 is 2.05 bits per heavy atom. The minimum absolute atomic E-state index is 0.0367. The Morgan fingerprint density at radius 1 is 1.26 bits per heavy atom. The van der Waals surface area contributed by atoms with Gasteiger partial charge in [0.05, 0.1) is 5.75 Å².